The molecular weight excluding hydrogens is 316 g/mol. The molecule has 3 nitrogen and oxygen atoms in total. The molecule has 1 aromatic heterocycles. The van der Waals surface area contributed by atoms with Crippen LogP contribution in [0.25, 0.3) is 0 Å². The Morgan fingerprint density at radius 3 is 2.12 bits per heavy atom. The third-order valence-corrected chi connectivity index (χ3v) is 4.86. The predicted molar refractivity (Wildman–Crippen MR) is 98.0 cm³/mol. The number of hydrogen-bond donors (Lipinski definition) is 1. The number of aryl methyl sites for hydroxylation is 1. The van der Waals surface area contributed by atoms with Crippen LogP contribution in [0.4, 0.5) is 0 Å². The van der Waals surface area contributed by atoms with Crippen molar-refractivity contribution in [2.45, 2.75) is 25.8 Å². The highest BCUT2D eigenvalue weighted by Gasteiger charge is 2.18. The van der Waals surface area contributed by atoms with Crippen LogP contribution >= 0.6 is 11.3 Å². The Kier molecular flexibility index (Phi) is 5.39. The minimum absolute atomic E-state index is 0.0422. The van der Waals surface area contributed by atoms with Crippen molar-refractivity contribution in [2.75, 3.05) is 0 Å². The van der Waals surface area contributed by atoms with Crippen LogP contribution < -0.4 is 5.32 Å². The number of nitrogens with one attached hydrogen (secondary N) is 1. The van der Waals surface area contributed by atoms with Crippen molar-refractivity contribution in [1.29, 1.82) is 0 Å². The van der Waals surface area contributed by atoms with E-state index in [1.807, 2.05) is 48.7 Å². The minimum Gasteiger partial charge on any atom is -0.350 e. The number of aromatic nitrogens is 1. The zero-order chi connectivity index (χ0) is 16.8. The van der Waals surface area contributed by atoms with Crippen LogP contribution in [0.1, 0.15) is 34.2 Å². The van der Waals surface area contributed by atoms with E-state index in [0.717, 1.165) is 21.8 Å². The Morgan fingerprint density at radius 1 is 1.04 bits per heavy atom. The van der Waals surface area contributed by atoms with Crippen LogP contribution in [-0.4, -0.2) is 10.9 Å². The summed E-state index contributed by atoms with van der Waals surface area (Å²) in [5, 5.41) is 5.93. The van der Waals surface area contributed by atoms with E-state index in [-0.39, 0.29) is 11.8 Å². The first-order valence-electron chi connectivity index (χ1n) is 8.00. The number of hydrogen-bond acceptors (Lipinski definition) is 3. The van der Waals surface area contributed by atoms with E-state index >= 15 is 0 Å². The smallest absolute Gasteiger partial charge is 0.221 e. The highest BCUT2D eigenvalue weighted by atomic mass is 32.1. The fourth-order valence-corrected chi connectivity index (χ4v) is 3.43. The number of rotatable bonds is 6. The fraction of sp³-hybridized carbons (Fsp3) is 0.200. The van der Waals surface area contributed by atoms with Gasteiger partial charge in [0.05, 0.1) is 6.54 Å². The molecule has 0 aliphatic rings. The lowest BCUT2D eigenvalue weighted by molar-refractivity contribution is -0.121. The van der Waals surface area contributed by atoms with Crippen molar-refractivity contribution in [1.82, 2.24) is 10.3 Å². The average Bonchev–Trinajstić information content (AvgIpc) is 3.05. The molecule has 0 aliphatic carbocycles. The van der Waals surface area contributed by atoms with Gasteiger partial charge < -0.3 is 5.32 Å². The summed E-state index contributed by atoms with van der Waals surface area (Å²) in [7, 11) is 0. The Labute approximate surface area is 146 Å². The van der Waals surface area contributed by atoms with Gasteiger partial charge in [-0.3, -0.25) is 4.79 Å². The summed E-state index contributed by atoms with van der Waals surface area (Å²) in [5.41, 5.74) is 3.31. The molecule has 0 atom stereocenters. The third-order valence-electron chi connectivity index (χ3n) is 3.90. The Bertz CT molecular complexity index is 744. The monoisotopic (exact) mass is 336 g/mol. The first-order chi connectivity index (χ1) is 11.7. The van der Waals surface area contributed by atoms with E-state index in [1.165, 1.54) is 0 Å². The van der Waals surface area contributed by atoms with Crippen molar-refractivity contribution < 1.29 is 4.79 Å². The number of carbonyl (C=O) groups excluding carboxylic acids is 1. The standard InChI is InChI=1S/C20H20N2OS/c1-15-14-24-20(22-15)13-21-19(23)12-18(16-8-4-2-5-9-16)17-10-6-3-7-11-17/h2-11,14,18H,12-13H2,1H3,(H,21,23). The van der Waals surface area contributed by atoms with Gasteiger partial charge in [0.1, 0.15) is 5.01 Å². The Balaban J connectivity index is 1.71. The molecule has 1 amide bonds. The Hall–Kier alpha value is -2.46. The highest BCUT2D eigenvalue weighted by molar-refractivity contribution is 7.09. The van der Waals surface area contributed by atoms with Gasteiger partial charge in [-0.05, 0) is 18.1 Å². The first-order valence-corrected chi connectivity index (χ1v) is 8.88. The SMILES string of the molecule is Cc1csc(CNC(=O)CC(c2ccccc2)c2ccccc2)n1. The molecule has 0 spiro atoms. The van der Waals surface area contributed by atoms with Crippen molar-refractivity contribution in [3.63, 3.8) is 0 Å². The van der Waals surface area contributed by atoms with Gasteiger partial charge in [-0.1, -0.05) is 60.7 Å². The third kappa shape index (κ3) is 4.30. The molecular formula is C20H20N2OS. The first kappa shape index (κ1) is 16.4. The lowest BCUT2D eigenvalue weighted by Gasteiger charge is -2.17. The lowest BCUT2D eigenvalue weighted by Crippen LogP contribution is -2.25. The topological polar surface area (TPSA) is 42.0 Å². The molecule has 0 saturated heterocycles. The van der Waals surface area contributed by atoms with Crippen molar-refractivity contribution in [3.8, 4) is 0 Å². The molecule has 0 bridgehead atoms. The Morgan fingerprint density at radius 2 is 1.62 bits per heavy atom. The minimum atomic E-state index is 0.0422. The number of nitrogens with zero attached hydrogens (tertiary/aromatic N) is 1. The molecule has 1 N–H and O–H groups in total. The predicted octanol–water partition coefficient (Wildman–Crippen LogP) is 4.29. The zero-order valence-electron chi connectivity index (χ0n) is 13.6. The maximum absolute atomic E-state index is 12.4. The van der Waals surface area contributed by atoms with Gasteiger partial charge >= 0.3 is 0 Å². The van der Waals surface area contributed by atoms with E-state index in [9.17, 15) is 4.79 Å². The van der Waals surface area contributed by atoms with Crippen LogP contribution in [0.15, 0.2) is 66.0 Å². The summed E-state index contributed by atoms with van der Waals surface area (Å²) >= 11 is 1.58. The van der Waals surface area contributed by atoms with Crippen LogP contribution in [0.5, 0.6) is 0 Å². The molecule has 2 aromatic carbocycles. The second-order valence-corrected chi connectivity index (χ2v) is 6.68. The second-order valence-electron chi connectivity index (χ2n) is 5.74. The van der Waals surface area contributed by atoms with Gasteiger partial charge in [-0.2, -0.15) is 0 Å². The molecule has 0 fully saturated rings. The maximum Gasteiger partial charge on any atom is 0.221 e. The molecule has 0 radical (unpaired) electrons. The van der Waals surface area contributed by atoms with E-state index in [1.54, 1.807) is 11.3 Å². The molecule has 4 heteroatoms. The summed E-state index contributed by atoms with van der Waals surface area (Å²) in [6, 6.07) is 20.4. The van der Waals surface area contributed by atoms with Crippen LogP contribution in [-0.2, 0) is 11.3 Å². The van der Waals surface area contributed by atoms with E-state index in [4.69, 9.17) is 0 Å². The van der Waals surface area contributed by atoms with Gasteiger partial charge in [0, 0.05) is 23.4 Å². The van der Waals surface area contributed by atoms with Crippen LogP contribution in [0.2, 0.25) is 0 Å². The van der Waals surface area contributed by atoms with Crippen LogP contribution in [0.3, 0.4) is 0 Å². The second kappa shape index (κ2) is 7.88. The van der Waals surface area contributed by atoms with Gasteiger partial charge in [0.15, 0.2) is 0 Å². The number of amides is 1. The summed E-state index contributed by atoms with van der Waals surface area (Å²) in [6.07, 6.45) is 0.429. The summed E-state index contributed by atoms with van der Waals surface area (Å²) < 4.78 is 0. The quantitative estimate of drug-likeness (QED) is 0.729. The van der Waals surface area contributed by atoms with Gasteiger partial charge in [0.25, 0.3) is 0 Å². The van der Waals surface area contributed by atoms with Crippen LogP contribution in [0, 0.1) is 6.92 Å². The molecule has 3 aromatic rings. The molecule has 3 rings (SSSR count). The van der Waals surface area contributed by atoms with Gasteiger partial charge in [-0.25, -0.2) is 4.98 Å². The normalized spacial score (nSPS) is 10.8. The number of thiazole rings is 1. The molecule has 0 saturated carbocycles. The molecule has 0 aliphatic heterocycles. The molecule has 122 valence electrons. The highest BCUT2D eigenvalue weighted by Crippen LogP contribution is 2.27. The zero-order valence-corrected chi connectivity index (χ0v) is 14.4. The summed E-state index contributed by atoms with van der Waals surface area (Å²) in [5.74, 6) is 0.103. The molecule has 1 heterocycles. The maximum atomic E-state index is 12.4. The van der Waals surface area contributed by atoms with Crippen molar-refractivity contribution in [3.05, 3.63) is 87.9 Å². The van der Waals surface area contributed by atoms with E-state index in [2.05, 4.69) is 34.6 Å². The van der Waals surface area contributed by atoms with E-state index < -0.39 is 0 Å². The van der Waals surface area contributed by atoms with Gasteiger partial charge in [0.2, 0.25) is 5.91 Å². The summed E-state index contributed by atoms with van der Waals surface area (Å²) in [4.78, 5) is 16.8. The van der Waals surface area contributed by atoms with Crippen molar-refractivity contribution in [2.24, 2.45) is 0 Å². The fourth-order valence-electron chi connectivity index (χ4n) is 2.71. The molecule has 24 heavy (non-hydrogen) atoms. The summed E-state index contributed by atoms with van der Waals surface area (Å²) in [6.45, 7) is 2.45. The average molecular weight is 336 g/mol. The number of benzene rings is 2. The largest absolute Gasteiger partial charge is 0.350 e. The van der Waals surface area contributed by atoms with Gasteiger partial charge in [-0.15, -0.1) is 11.3 Å². The number of carbonyl (C=O) groups is 1. The molecule has 0 unspecified atom stereocenters. The lowest BCUT2D eigenvalue weighted by atomic mass is 9.88. The van der Waals surface area contributed by atoms with Crippen molar-refractivity contribution >= 4 is 17.2 Å². The van der Waals surface area contributed by atoms with E-state index in [0.29, 0.717) is 13.0 Å².